The van der Waals surface area contributed by atoms with E-state index in [0.29, 0.717) is 7.85 Å². The van der Waals surface area contributed by atoms with Gasteiger partial charge in [-0.2, -0.15) is 13.2 Å². The van der Waals surface area contributed by atoms with Crippen LogP contribution in [0, 0.1) is 23.3 Å². The standard InChI is InChI=1S/C7H2BF7.C4H8O/c8-2-5(11)3(9)1(7(13,14)15)4(10)6(2)12;1-2-4-5-3-1/h8H2;1-4H2. The van der Waals surface area contributed by atoms with Gasteiger partial charge in [-0.1, -0.05) is 0 Å². The van der Waals surface area contributed by atoms with Gasteiger partial charge in [0.25, 0.3) is 0 Å². The molecule has 0 saturated carbocycles. The summed E-state index contributed by atoms with van der Waals surface area (Å²) in [4.78, 5) is 0. The molecule has 0 unspecified atom stereocenters. The summed E-state index contributed by atoms with van der Waals surface area (Å²) in [6.07, 6.45) is -2.93. The van der Waals surface area contributed by atoms with Crippen molar-refractivity contribution in [2.75, 3.05) is 13.2 Å². The van der Waals surface area contributed by atoms with Gasteiger partial charge in [-0.15, -0.1) is 0 Å². The van der Waals surface area contributed by atoms with Gasteiger partial charge >= 0.3 is 6.18 Å². The van der Waals surface area contributed by atoms with Crippen molar-refractivity contribution in [1.29, 1.82) is 0 Å². The third kappa shape index (κ3) is 3.65. The first-order valence-electron chi connectivity index (χ1n) is 5.65. The van der Waals surface area contributed by atoms with E-state index in [9.17, 15) is 30.7 Å². The number of rotatable bonds is 0. The van der Waals surface area contributed by atoms with Crippen molar-refractivity contribution >= 4 is 13.3 Å². The van der Waals surface area contributed by atoms with Gasteiger partial charge in [-0.3, -0.25) is 0 Å². The van der Waals surface area contributed by atoms with E-state index in [0.717, 1.165) is 13.2 Å². The topological polar surface area (TPSA) is 9.23 Å². The second-order valence-electron chi connectivity index (χ2n) is 4.07. The first kappa shape index (κ1) is 16.8. The Hall–Kier alpha value is -1.25. The molecule has 1 nitrogen and oxygen atoms in total. The molecule has 0 aliphatic carbocycles. The van der Waals surface area contributed by atoms with Gasteiger partial charge in [0.15, 0.2) is 23.3 Å². The second kappa shape index (κ2) is 6.47. The van der Waals surface area contributed by atoms with Gasteiger partial charge in [0.2, 0.25) is 0 Å². The number of benzene rings is 1. The van der Waals surface area contributed by atoms with Crippen LogP contribution in [0.15, 0.2) is 0 Å². The molecule has 1 fully saturated rings. The van der Waals surface area contributed by atoms with Crippen molar-refractivity contribution < 1.29 is 35.5 Å². The molecule has 1 aromatic carbocycles. The van der Waals surface area contributed by atoms with Crippen molar-refractivity contribution in [1.82, 2.24) is 0 Å². The first-order valence-corrected chi connectivity index (χ1v) is 5.65. The predicted octanol–water partition coefficient (Wildman–Crippen LogP) is 2.32. The maximum atomic E-state index is 12.7. The minimum absolute atomic E-state index is 0.636. The highest BCUT2D eigenvalue weighted by atomic mass is 19.4. The normalized spacial score (nSPS) is 14.9. The lowest BCUT2D eigenvalue weighted by molar-refractivity contribution is -0.143. The van der Waals surface area contributed by atoms with Crippen LogP contribution < -0.4 is 5.46 Å². The number of ether oxygens (including phenoxy) is 1. The zero-order valence-corrected chi connectivity index (χ0v) is 10.4. The summed E-state index contributed by atoms with van der Waals surface area (Å²) in [5.41, 5.74) is -3.68. The summed E-state index contributed by atoms with van der Waals surface area (Å²) in [6, 6.07) is 0. The fourth-order valence-corrected chi connectivity index (χ4v) is 1.50. The van der Waals surface area contributed by atoms with Crippen molar-refractivity contribution in [2.45, 2.75) is 19.0 Å². The van der Waals surface area contributed by atoms with Gasteiger partial charge in [0, 0.05) is 13.2 Å². The molecule has 0 aromatic heterocycles. The van der Waals surface area contributed by atoms with E-state index in [-0.39, 0.29) is 0 Å². The van der Waals surface area contributed by atoms with Crippen LogP contribution in [0.25, 0.3) is 0 Å². The highest BCUT2D eigenvalue weighted by Gasteiger charge is 2.41. The summed E-state index contributed by atoms with van der Waals surface area (Å²) in [7, 11) is 0.636. The Kier molecular flexibility index (Phi) is 5.44. The molecule has 1 aromatic rings. The van der Waals surface area contributed by atoms with E-state index in [1.54, 1.807) is 0 Å². The molecule has 0 N–H and O–H groups in total. The molecule has 1 aliphatic heterocycles. The van der Waals surface area contributed by atoms with Crippen LogP contribution in [0.1, 0.15) is 18.4 Å². The molecule has 0 atom stereocenters. The van der Waals surface area contributed by atoms with E-state index in [2.05, 4.69) is 0 Å². The molecule has 20 heavy (non-hydrogen) atoms. The van der Waals surface area contributed by atoms with Crippen molar-refractivity contribution in [2.24, 2.45) is 0 Å². The molecule has 2 rings (SSSR count). The fraction of sp³-hybridized carbons (Fsp3) is 0.455. The molecule has 0 bridgehead atoms. The summed E-state index contributed by atoms with van der Waals surface area (Å²) in [6.45, 7) is 2.00. The summed E-state index contributed by atoms with van der Waals surface area (Å²) in [5, 5.41) is 0. The Bertz CT molecular complexity index is 446. The zero-order valence-electron chi connectivity index (χ0n) is 10.4. The quantitative estimate of drug-likeness (QED) is 0.406. The van der Waals surface area contributed by atoms with Crippen LogP contribution in [0.3, 0.4) is 0 Å². The average molecular weight is 302 g/mol. The summed E-state index contributed by atoms with van der Waals surface area (Å²) < 4.78 is 91.7. The van der Waals surface area contributed by atoms with Crippen LogP contribution in [-0.4, -0.2) is 21.1 Å². The van der Waals surface area contributed by atoms with Crippen molar-refractivity contribution in [3.05, 3.63) is 28.8 Å². The van der Waals surface area contributed by atoms with E-state index >= 15 is 0 Å². The molecule has 1 heterocycles. The third-order valence-corrected chi connectivity index (χ3v) is 2.59. The van der Waals surface area contributed by atoms with Crippen molar-refractivity contribution in [3.8, 4) is 0 Å². The monoisotopic (exact) mass is 302 g/mol. The van der Waals surface area contributed by atoms with Crippen LogP contribution in [0.5, 0.6) is 0 Å². The summed E-state index contributed by atoms with van der Waals surface area (Å²) >= 11 is 0. The fourth-order valence-electron chi connectivity index (χ4n) is 1.50. The average Bonchev–Trinajstić information content (AvgIpc) is 2.91. The van der Waals surface area contributed by atoms with Crippen molar-refractivity contribution in [3.63, 3.8) is 0 Å². The van der Waals surface area contributed by atoms with Crippen LogP contribution in [-0.2, 0) is 10.9 Å². The lowest BCUT2D eigenvalue weighted by Crippen LogP contribution is -2.24. The number of hydrogen-bond acceptors (Lipinski definition) is 1. The SMILES string of the molecule is Bc1c(F)c(F)c(C(F)(F)F)c(F)c1F.C1CCOC1. The Labute approximate surface area is 111 Å². The molecule has 9 heteroatoms. The molecule has 1 saturated heterocycles. The second-order valence-corrected chi connectivity index (χ2v) is 4.07. The zero-order chi connectivity index (χ0) is 15.5. The van der Waals surface area contributed by atoms with Gasteiger partial charge in [0.05, 0.1) is 0 Å². The smallest absolute Gasteiger partial charge is 0.381 e. The Morgan fingerprint density at radius 3 is 1.45 bits per heavy atom. The van der Waals surface area contributed by atoms with Crippen LogP contribution in [0.4, 0.5) is 30.7 Å². The first-order chi connectivity index (χ1) is 9.18. The van der Waals surface area contributed by atoms with E-state index < -0.39 is 40.5 Å². The van der Waals surface area contributed by atoms with E-state index in [4.69, 9.17) is 4.74 Å². The van der Waals surface area contributed by atoms with E-state index in [1.807, 2.05) is 0 Å². The Balaban J connectivity index is 0.000000333. The minimum atomic E-state index is -5.48. The third-order valence-electron chi connectivity index (χ3n) is 2.59. The highest BCUT2D eigenvalue weighted by Crippen LogP contribution is 2.34. The summed E-state index contributed by atoms with van der Waals surface area (Å²) in [5.74, 6) is -8.94. The maximum absolute atomic E-state index is 12.7. The molecule has 1 aliphatic rings. The van der Waals surface area contributed by atoms with Crippen LogP contribution in [0.2, 0.25) is 0 Å². The number of halogens is 7. The number of hydrogen-bond donors (Lipinski definition) is 0. The van der Waals surface area contributed by atoms with Gasteiger partial charge in [-0.25, -0.2) is 17.6 Å². The van der Waals surface area contributed by atoms with Crippen LogP contribution >= 0.6 is 0 Å². The highest BCUT2D eigenvalue weighted by molar-refractivity contribution is 6.32. The Morgan fingerprint density at radius 2 is 1.20 bits per heavy atom. The molecule has 0 amide bonds. The predicted molar refractivity (Wildman–Crippen MR) is 59.5 cm³/mol. The molecule has 0 radical (unpaired) electrons. The Morgan fingerprint density at radius 1 is 0.800 bits per heavy atom. The molecule has 0 spiro atoms. The van der Waals surface area contributed by atoms with Gasteiger partial charge in [0.1, 0.15) is 13.4 Å². The maximum Gasteiger partial charge on any atom is 0.422 e. The molecular formula is C11H10BF7O. The lowest BCUT2D eigenvalue weighted by Gasteiger charge is -2.12. The number of alkyl halides is 3. The minimum Gasteiger partial charge on any atom is -0.381 e. The van der Waals surface area contributed by atoms with Gasteiger partial charge in [-0.05, 0) is 18.3 Å². The van der Waals surface area contributed by atoms with Gasteiger partial charge < -0.3 is 4.74 Å². The molecular weight excluding hydrogens is 292 g/mol. The molecule has 112 valence electrons. The lowest BCUT2D eigenvalue weighted by atomic mass is 9.92. The van der Waals surface area contributed by atoms with E-state index in [1.165, 1.54) is 12.8 Å². The largest absolute Gasteiger partial charge is 0.422 e.